The summed E-state index contributed by atoms with van der Waals surface area (Å²) in [5.41, 5.74) is 1.39. The molecule has 0 bridgehead atoms. The Morgan fingerprint density at radius 2 is 1.90 bits per heavy atom. The third kappa shape index (κ3) is 5.09. The molecule has 5 heteroatoms. The predicted octanol–water partition coefficient (Wildman–Crippen LogP) is 2.84. The molecule has 2 N–H and O–H groups in total. The molecule has 0 amide bonds. The van der Waals surface area contributed by atoms with Crippen molar-refractivity contribution >= 4 is 10.0 Å². The average Bonchev–Trinajstić information content (AvgIpc) is 2.45. The maximum absolute atomic E-state index is 12.6. The molecule has 0 aliphatic rings. The van der Waals surface area contributed by atoms with Gasteiger partial charge in [0.05, 0.1) is 11.5 Å². The minimum Gasteiger partial charge on any atom is -0.392 e. The summed E-state index contributed by atoms with van der Waals surface area (Å²) in [5.74, 6) is 0.483. The number of sulfonamides is 1. The lowest BCUT2D eigenvalue weighted by Crippen LogP contribution is -2.34. The van der Waals surface area contributed by atoms with Crippen LogP contribution in [0, 0.1) is 5.92 Å². The SMILES string of the molecule is CCc1ccc(CO)cc1S(=O)(=O)NC(C)CC(C)CC. The van der Waals surface area contributed by atoms with Gasteiger partial charge in [0.15, 0.2) is 0 Å². The lowest BCUT2D eigenvalue weighted by atomic mass is 10.0. The number of nitrogens with one attached hydrogen (secondary N) is 1. The van der Waals surface area contributed by atoms with Gasteiger partial charge in [-0.15, -0.1) is 0 Å². The van der Waals surface area contributed by atoms with Gasteiger partial charge in [0.2, 0.25) is 10.0 Å². The number of rotatable bonds is 8. The molecule has 0 saturated carbocycles. The second kappa shape index (κ2) is 7.92. The molecule has 1 rings (SSSR count). The first-order chi connectivity index (χ1) is 9.83. The van der Waals surface area contributed by atoms with Crippen molar-refractivity contribution < 1.29 is 13.5 Å². The van der Waals surface area contributed by atoms with E-state index in [9.17, 15) is 13.5 Å². The highest BCUT2D eigenvalue weighted by atomic mass is 32.2. The Kier molecular flexibility index (Phi) is 6.84. The highest BCUT2D eigenvalue weighted by Gasteiger charge is 2.21. The Labute approximate surface area is 128 Å². The van der Waals surface area contributed by atoms with Gasteiger partial charge in [0, 0.05) is 6.04 Å². The summed E-state index contributed by atoms with van der Waals surface area (Å²) in [4.78, 5) is 0.285. The van der Waals surface area contributed by atoms with Crippen LogP contribution in [0.4, 0.5) is 0 Å². The number of aryl methyl sites for hydroxylation is 1. The molecule has 1 aromatic rings. The Balaban J connectivity index is 3.01. The largest absolute Gasteiger partial charge is 0.392 e. The summed E-state index contributed by atoms with van der Waals surface area (Å²) in [6, 6.07) is 5.00. The van der Waals surface area contributed by atoms with E-state index in [0.717, 1.165) is 18.4 Å². The van der Waals surface area contributed by atoms with Crippen molar-refractivity contribution in [2.45, 2.75) is 64.5 Å². The maximum atomic E-state index is 12.6. The Morgan fingerprint density at radius 3 is 2.43 bits per heavy atom. The molecule has 21 heavy (non-hydrogen) atoms. The Morgan fingerprint density at radius 1 is 1.24 bits per heavy atom. The molecule has 0 spiro atoms. The van der Waals surface area contributed by atoms with Crippen LogP contribution in [-0.4, -0.2) is 19.6 Å². The fraction of sp³-hybridized carbons (Fsp3) is 0.625. The van der Waals surface area contributed by atoms with Crippen LogP contribution in [0.5, 0.6) is 0 Å². The fourth-order valence-corrected chi connectivity index (χ4v) is 4.00. The first kappa shape index (κ1) is 18.1. The number of hydrogen-bond donors (Lipinski definition) is 2. The second-order valence-electron chi connectivity index (χ2n) is 5.73. The van der Waals surface area contributed by atoms with E-state index >= 15 is 0 Å². The van der Waals surface area contributed by atoms with Gasteiger partial charge in [-0.3, -0.25) is 0 Å². The molecule has 4 nitrogen and oxygen atoms in total. The first-order valence-corrected chi connectivity index (χ1v) is 9.07. The average molecular weight is 313 g/mol. The molecule has 0 fully saturated rings. The molecule has 0 aromatic heterocycles. The fourth-order valence-electron chi connectivity index (χ4n) is 2.39. The minimum atomic E-state index is -3.55. The van der Waals surface area contributed by atoms with Crippen molar-refractivity contribution in [1.82, 2.24) is 4.72 Å². The van der Waals surface area contributed by atoms with Crippen molar-refractivity contribution in [1.29, 1.82) is 0 Å². The molecule has 2 unspecified atom stereocenters. The molecule has 120 valence electrons. The monoisotopic (exact) mass is 313 g/mol. The predicted molar refractivity (Wildman–Crippen MR) is 85.6 cm³/mol. The minimum absolute atomic E-state index is 0.104. The third-order valence-electron chi connectivity index (χ3n) is 3.79. The van der Waals surface area contributed by atoms with Gasteiger partial charge >= 0.3 is 0 Å². The van der Waals surface area contributed by atoms with Crippen molar-refractivity contribution in [3.05, 3.63) is 29.3 Å². The number of benzene rings is 1. The van der Waals surface area contributed by atoms with Crippen LogP contribution in [0.1, 0.15) is 51.7 Å². The van der Waals surface area contributed by atoms with Crippen molar-refractivity contribution in [2.75, 3.05) is 0 Å². The van der Waals surface area contributed by atoms with Gasteiger partial charge in [0.1, 0.15) is 0 Å². The van der Waals surface area contributed by atoms with E-state index in [1.54, 1.807) is 18.2 Å². The second-order valence-corrected chi connectivity index (χ2v) is 7.41. The smallest absolute Gasteiger partial charge is 0.241 e. The van der Waals surface area contributed by atoms with Gasteiger partial charge in [-0.25, -0.2) is 13.1 Å². The summed E-state index contributed by atoms with van der Waals surface area (Å²) >= 11 is 0. The molecule has 0 radical (unpaired) electrons. The van der Waals surface area contributed by atoms with Crippen LogP contribution < -0.4 is 4.72 Å². The maximum Gasteiger partial charge on any atom is 0.241 e. The Bertz CT molecular complexity index is 555. The summed E-state index contributed by atoms with van der Waals surface area (Å²) in [6.07, 6.45) is 2.49. The zero-order valence-corrected chi connectivity index (χ0v) is 14.2. The standard InChI is InChI=1S/C16H27NO3S/c1-5-12(3)9-13(4)17-21(19,20)16-10-14(11-18)7-8-15(16)6-2/h7-8,10,12-13,17-18H,5-6,9,11H2,1-4H3. The zero-order valence-electron chi connectivity index (χ0n) is 13.4. The molecule has 0 aliphatic heterocycles. The third-order valence-corrected chi connectivity index (χ3v) is 5.47. The molecule has 0 saturated heterocycles. The van der Waals surface area contributed by atoms with E-state index in [0.29, 0.717) is 17.9 Å². The van der Waals surface area contributed by atoms with Crippen molar-refractivity contribution in [2.24, 2.45) is 5.92 Å². The van der Waals surface area contributed by atoms with Crippen molar-refractivity contribution in [3.63, 3.8) is 0 Å². The van der Waals surface area contributed by atoms with Gasteiger partial charge in [-0.05, 0) is 42.9 Å². The number of aliphatic hydroxyl groups excluding tert-OH is 1. The highest BCUT2D eigenvalue weighted by Crippen LogP contribution is 2.20. The van der Waals surface area contributed by atoms with Crippen LogP contribution in [0.25, 0.3) is 0 Å². The van der Waals surface area contributed by atoms with E-state index in [2.05, 4.69) is 18.6 Å². The zero-order chi connectivity index (χ0) is 16.0. The van der Waals surface area contributed by atoms with E-state index < -0.39 is 10.0 Å². The quantitative estimate of drug-likeness (QED) is 0.775. The van der Waals surface area contributed by atoms with E-state index in [1.165, 1.54) is 0 Å². The topological polar surface area (TPSA) is 66.4 Å². The normalized spacial score (nSPS) is 14.9. The van der Waals surface area contributed by atoms with Crippen LogP contribution in [0.15, 0.2) is 23.1 Å². The molecule has 2 atom stereocenters. The summed E-state index contributed by atoms with van der Waals surface area (Å²) in [7, 11) is -3.55. The molecule has 0 aliphatic carbocycles. The van der Waals surface area contributed by atoms with Gasteiger partial charge < -0.3 is 5.11 Å². The number of hydrogen-bond acceptors (Lipinski definition) is 3. The first-order valence-electron chi connectivity index (χ1n) is 7.59. The Hall–Kier alpha value is -0.910. The van der Waals surface area contributed by atoms with Crippen molar-refractivity contribution in [3.8, 4) is 0 Å². The number of aliphatic hydroxyl groups is 1. The summed E-state index contributed by atoms with van der Waals surface area (Å²) < 4.78 is 27.9. The van der Waals surface area contributed by atoms with Gasteiger partial charge in [-0.2, -0.15) is 0 Å². The van der Waals surface area contributed by atoms with Crippen LogP contribution in [0.2, 0.25) is 0 Å². The molecular formula is C16H27NO3S. The summed E-state index contributed by atoms with van der Waals surface area (Å²) in [5, 5.41) is 9.21. The lowest BCUT2D eigenvalue weighted by molar-refractivity contribution is 0.281. The van der Waals surface area contributed by atoms with E-state index in [4.69, 9.17) is 0 Å². The van der Waals surface area contributed by atoms with E-state index in [1.807, 2.05) is 13.8 Å². The molecule has 1 aromatic carbocycles. The van der Waals surface area contributed by atoms with E-state index in [-0.39, 0.29) is 17.5 Å². The molecular weight excluding hydrogens is 286 g/mol. The van der Waals surface area contributed by atoms with Crippen LogP contribution >= 0.6 is 0 Å². The molecule has 0 heterocycles. The highest BCUT2D eigenvalue weighted by molar-refractivity contribution is 7.89. The van der Waals surface area contributed by atoms with Crippen LogP contribution in [0.3, 0.4) is 0 Å². The van der Waals surface area contributed by atoms with Crippen LogP contribution in [-0.2, 0) is 23.1 Å². The van der Waals surface area contributed by atoms with Gasteiger partial charge in [-0.1, -0.05) is 39.3 Å². The summed E-state index contributed by atoms with van der Waals surface area (Å²) in [6.45, 7) is 7.89. The lowest BCUT2D eigenvalue weighted by Gasteiger charge is -2.19. The van der Waals surface area contributed by atoms with Gasteiger partial charge in [0.25, 0.3) is 0 Å².